The van der Waals surface area contributed by atoms with Crippen LogP contribution in [0.5, 0.6) is 0 Å². The van der Waals surface area contributed by atoms with Gasteiger partial charge in [0.25, 0.3) is 0 Å². The summed E-state index contributed by atoms with van der Waals surface area (Å²) in [6.07, 6.45) is 5.36. The Morgan fingerprint density at radius 1 is 1.41 bits per heavy atom. The van der Waals surface area contributed by atoms with Crippen molar-refractivity contribution in [1.82, 2.24) is 15.0 Å². The topological polar surface area (TPSA) is 67.1 Å². The molecule has 94 valence electrons. The van der Waals surface area contributed by atoms with E-state index in [-0.39, 0.29) is 5.95 Å². The molecule has 0 radical (unpaired) electrons. The summed E-state index contributed by atoms with van der Waals surface area (Å²) in [5.41, 5.74) is 8.95. The summed E-state index contributed by atoms with van der Waals surface area (Å²) in [6, 6.07) is 1.00. The number of aromatic nitrogens is 2. The molecule has 1 aliphatic rings. The van der Waals surface area contributed by atoms with E-state index in [9.17, 15) is 0 Å². The summed E-state index contributed by atoms with van der Waals surface area (Å²) >= 11 is 3.43. The fraction of sp³-hybridized carbons (Fsp3) is 0.636. The van der Waals surface area contributed by atoms with E-state index in [1.807, 2.05) is 0 Å². The lowest BCUT2D eigenvalue weighted by Gasteiger charge is -2.39. The van der Waals surface area contributed by atoms with Crippen molar-refractivity contribution in [3.63, 3.8) is 0 Å². The highest BCUT2D eigenvalue weighted by atomic mass is 79.9. The van der Waals surface area contributed by atoms with Gasteiger partial charge in [-0.05, 0) is 42.6 Å². The van der Waals surface area contributed by atoms with Crippen LogP contribution in [0.4, 0.5) is 11.8 Å². The zero-order valence-electron chi connectivity index (χ0n) is 10.2. The second-order valence-electron chi connectivity index (χ2n) is 4.57. The molecule has 0 spiro atoms. The SMILES string of the molecule is CC1CCCC(C)N1Nc1nc(N)ncc1Br. The van der Waals surface area contributed by atoms with Crippen LogP contribution in [0, 0.1) is 0 Å². The van der Waals surface area contributed by atoms with Gasteiger partial charge in [-0.15, -0.1) is 0 Å². The number of halogens is 1. The van der Waals surface area contributed by atoms with Crippen LogP contribution in [-0.2, 0) is 0 Å². The first-order valence-corrected chi connectivity index (χ1v) is 6.70. The van der Waals surface area contributed by atoms with Crippen molar-refractivity contribution in [3.05, 3.63) is 10.7 Å². The van der Waals surface area contributed by atoms with Crippen LogP contribution >= 0.6 is 15.9 Å². The number of anilines is 2. The van der Waals surface area contributed by atoms with Crippen molar-refractivity contribution in [1.29, 1.82) is 0 Å². The number of rotatable bonds is 2. The highest BCUT2D eigenvalue weighted by Gasteiger charge is 2.25. The lowest BCUT2D eigenvalue weighted by atomic mass is 10.00. The third kappa shape index (κ3) is 2.87. The van der Waals surface area contributed by atoms with Gasteiger partial charge in [-0.25, -0.2) is 9.99 Å². The van der Waals surface area contributed by atoms with Crippen molar-refractivity contribution in [2.45, 2.75) is 45.2 Å². The second kappa shape index (κ2) is 5.18. The molecule has 0 aromatic carbocycles. The average molecular weight is 300 g/mol. The van der Waals surface area contributed by atoms with Crippen LogP contribution in [0.25, 0.3) is 0 Å². The second-order valence-corrected chi connectivity index (χ2v) is 5.43. The van der Waals surface area contributed by atoms with Crippen LogP contribution < -0.4 is 11.2 Å². The normalized spacial score (nSPS) is 25.8. The minimum absolute atomic E-state index is 0.285. The fourth-order valence-electron chi connectivity index (χ4n) is 2.22. The highest BCUT2D eigenvalue weighted by molar-refractivity contribution is 9.10. The van der Waals surface area contributed by atoms with Crippen molar-refractivity contribution < 1.29 is 0 Å². The summed E-state index contributed by atoms with van der Waals surface area (Å²) in [6.45, 7) is 4.45. The first-order valence-electron chi connectivity index (χ1n) is 5.91. The molecule has 3 N–H and O–H groups in total. The van der Waals surface area contributed by atoms with Crippen LogP contribution in [0.1, 0.15) is 33.1 Å². The Labute approximate surface area is 110 Å². The van der Waals surface area contributed by atoms with E-state index in [0.29, 0.717) is 12.1 Å². The number of nitrogen functional groups attached to an aromatic ring is 1. The summed E-state index contributed by atoms with van der Waals surface area (Å²) in [5, 5.41) is 2.25. The highest BCUT2D eigenvalue weighted by Crippen LogP contribution is 2.26. The molecule has 0 bridgehead atoms. The third-order valence-corrected chi connectivity index (χ3v) is 3.77. The summed E-state index contributed by atoms with van der Waals surface area (Å²) in [7, 11) is 0. The molecule has 5 nitrogen and oxygen atoms in total. The monoisotopic (exact) mass is 299 g/mol. The maximum Gasteiger partial charge on any atom is 0.222 e. The molecule has 2 rings (SSSR count). The Bertz CT molecular complexity index is 387. The minimum atomic E-state index is 0.285. The molecule has 0 aliphatic carbocycles. The number of hydrogen-bond acceptors (Lipinski definition) is 5. The van der Waals surface area contributed by atoms with Gasteiger partial charge in [-0.1, -0.05) is 6.42 Å². The van der Waals surface area contributed by atoms with E-state index in [1.54, 1.807) is 6.20 Å². The lowest BCUT2D eigenvalue weighted by molar-refractivity contribution is 0.135. The van der Waals surface area contributed by atoms with E-state index < -0.39 is 0 Å². The number of nitrogens with two attached hydrogens (primary N) is 1. The Balaban J connectivity index is 2.16. The third-order valence-electron chi connectivity index (χ3n) is 3.19. The Morgan fingerprint density at radius 2 is 2.06 bits per heavy atom. The van der Waals surface area contributed by atoms with Gasteiger partial charge in [-0.3, -0.25) is 0 Å². The molecule has 1 aliphatic heterocycles. The predicted octanol–water partition coefficient (Wildman–Crippen LogP) is 2.41. The van der Waals surface area contributed by atoms with Crippen molar-refractivity contribution in [2.75, 3.05) is 11.2 Å². The van der Waals surface area contributed by atoms with Gasteiger partial charge in [0.2, 0.25) is 5.95 Å². The Kier molecular flexibility index (Phi) is 3.83. The zero-order chi connectivity index (χ0) is 12.4. The maximum atomic E-state index is 5.60. The smallest absolute Gasteiger partial charge is 0.222 e. The van der Waals surface area contributed by atoms with Crippen LogP contribution in [0.3, 0.4) is 0 Å². The molecule has 2 atom stereocenters. The van der Waals surface area contributed by atoms with Gasteiger partial charge < -0.3 is 11.2 Å². The molecule has 1 saturated heterocycles. The molecule has 1 aromatic rings. The van der Waals surface area contributed by atoms with E-state index in [4.69, 9.17) is 5.73 Å². The molecule has 0 saturated carbocycles. The molecule has 2 unspecified atom stereocenters. The number of hydrogen-bond donors (Lipinski definition) is 2. The van der Waals surface area contributed by atoms with Gasteiger partial charge in [0, 0.05) is 18.3 Å². The van der Waals surface area contributed by atoms with Crippen molar-refractivity contribution >= 4 is 27.7 Å². The molecule has 2 heterocycles. The standard InChI is InChI=1S/C11H18BrN5/c1-7-4-3-5-8(2)17(7)16-10-9(12)6-14-11(13)15-10/h6-8H,3-5H2,1-2H3,(H3,13,14,15,16). The molecule has 1 fully saturated rings. The summed E-state index contributed by atoms with van der Waals surface area (Å²) in [4.78, 5) is 8.13. The van der Waals surface area contributed by atoms with Gasteiger partial charge in [-0.2, -0.15) is 4.98 Å². The van der Waals surface area contributed by atoms with Crippen LogP contribution in [0.15, 0.2) is 10.7 Å². The fourth-order valence-corrected chi connectivity index (χ4v) is 2.50. The molecular formula is C11H18BrN5. The van der Waals surface area contributed by atoms with E-state index in [0.717, 1.165) is 10.3 Å². The Morgan fingerprint density at radius 3 is 2.71 bits per heavy atom. The molecular weight excluding hydrogens is 282 g/mol. The van der Waals surface area contributed by atoms with Gasteiger partial charge in [0.1, 0.15) is 0 Å². The van der Waals surface area contributed by atoms with Gasteiger partial charge in [0.05, 0.1) is 4.47 Å². The number of hydrazine groups is 1. The van der Waals surface area contributed by atoms with Crippen LogP contribution in [0.2, 0.25) is 0 Å². The molecule has 17 heavy (non-hydrogen) atoms. The van der Waals surface area contributed by atoms with Crippen molar-refractivity contribution in [2.24, 2.45) is 0 Å². The van der Waals surface area contributed by atoms with Gasteiger partial charge >= 0.3 is 0 Å². The molecule has 0 amide bonds. The summed E-state index contributed by atoms with van der Waals surface area (Å²) in [5.74, 6) is 1.02. The number of nitrogens with one attached hydrogen (secondary N) is 1. The average Bonchev–Trinajstić information content (AvgIpc) is 2.28. The number of nitrogens with zero attached hydrogens (tertiary/aromatic N) is 3. The number of piperidine rings is 1. The molecule has 6 heteroatoms. The minimum Gasteiger partial charge on any atom is -0.368 e. The summed E-state index contributed by atoms with van der Waals surface area (Å²) < 4.78 is 0.830. The maximum absolute atomic E-state index is 5.60. The van der Waals surface area contributed by atoms with E-state index >= 15 is 0 Å². The van der Waals surface area contributed by atoms with Gasteiger partial charge in [0.15, 0.2) is 5.82 Å². The first kappa shape index (κ1) is 12.6. The van der Waals surface area contributed by atoms with Crippen LogP contribution in [-0.4, -0.2) is 27.1 Å². The largest absolute Gasteiger partial charge is 0.368 e. The van der Waals surface area contributed by atoms with Crippen molar-refractivity contribution in [3.8, 4) is 0 Å². The Hall–Kier alpha value is -0.880. The quantitative estimate of drug-likeness (QED) is 0.878. The molecule has 1 aromatic heterocycles. The zero-order valence-corrected chi connectivity index (χ0v) is 11.7. The van der Waals surface area contributed by atoms with E-state index in [2.05, 4.69) is 50.2 Å². The lowest BCUT2D eigenvalue weighted by Crippen LogP contribution is -2.47. The predicted molar refractivity (Wildman–Crippen MR) is 72.4 cm³/mol. The first-order chi connectivity index (χ1) is 8.08. The van der Waals surface area contributed by atoms with E-state index in [1.165, 1.54) is 19.3 Å².